The molecule has 15 heavy (non-hydrogen) atoms. The van der Waals surface area contributed by atoms with E-state index in [1.165, 1.54) is 0 Å². The van der Waals surface area contributed by atoms with Gasteiger partial charge in [-0.05, 0) is 44.0 Å². The van der Waals surface area contributed by atoms with Crippen molar-refractivity contribution < 1.29 is 0 Å². The Labute approximate surface area is 104 Å². The predicted molar refractivity (Wildman–Crippen MR) is 67.2 cm³/mol. The highest BCUT2D eigenvalue weighted by Crippen LogP contribution is 2.23. The van der Waals surface area contributed by atoms with E-state index >= 15 is 0 Å². The lowest BCUT2D eigenvalue weighted by Crippen LogP contribution is -1.96. The van der Waals surface area contributed by atoms with Crippen LogP contribution in [0.1, 0.15) is 0 Å². The zero-order valence-corrected chi connectivity index (χ0v) is 10.8. The van der Waals surface area contributed by atoms with Crippen molar-refractivity contribution in [2.45, 2.75) is 0 Å². The normalized spacial score (nSPS) is 10.0. The average molecular weight is 329 g/mol. The Morgan fingerprint density at radius 3 is 2.33 bits per heavy atom. The Morgan fingerprint density at radius 1 is 1.00 bits per heavy atom. The van der Waals surface area contributed by atoms with Crippen molar-refractivity contribution in [3.8, 4) is 0 Å². The molecular weight excluding hydrogens is 322 g/mol. The molecule has 0 bridgehead atoms. The van der Waals surface area contributed by atoms with Crippen LogP contribution in [0.3, 0.4) is 0 Å². The standard InChI is InChI=1S/C10H7Br2N3/c11-7-5-13-10(14-6-7)15-9-4-2-1-3-8(9)12/h1-6H,(H,13,14,15). The van der Waals surface area contributed by atoms with Crippen molar-refractivity contribution in [3.63, 3.8) is 0 Å². The van der Waals surface area contributed by atoms with E-state index in [0.29, 0.717) is 5.95 Å². The third-order valence-corrected chi connectivity index (χ3v) is 2.84. The topological polar surface area (TPSA) is 37.8 Å². The second-order valence-electron chi connectivity index (χ2n) is 2.83. The van der Waals surface area contributed by atoms with Crippen LogP contribution in [0.5, 0.6) is 0 Å². The van der Waals surface area contributed by atoms with Gasteiger partial charge in [-0.15, -0.1) is 0 Å². The number of hydrogen-bond acceptors (Lipinski definition) is 3. The van der Waals surface area contributed by atoms with Crippen LogP contribution in [0.4, 0.5) is 11.6 Å². The van der Waals surface area contributed by atoms with Crippen molar-refractivity contribution in [1.82, 2.24) is 9.97 Å². The van der Waals surface area contributed by atoms with E-state index in [9.17, 15) is 0 Å². The molecule has 2 rings (SSSR count). The molecule has 1 heterocycles. The summed E-state index contributed by atoms with van der Waals surface area (Å²) in [5.41, 5.74) is 0.944. The van der Waals surface area contributed by atoms with Crippen LogP contribution in [0.25, 0.3) is 0 Å². The Kier molecular flexibility index (Phi) is 3.33. The van der Waals surface area contributed by atoms with Crippen LogP contribution in [-0.4, -0.2) is 9.97 Å². The minimum absolute atomic E-state index is 0.574. The van der Waals surface area contributed by atoms with Gasteiger partial charge in [0.25, 0.3) is 0 Å². The Hall–Kier alpha value is -0.940. The molecule has 0 saturated heterocycles. The van der Waals surface area contributed by atoms with Gasteiger partial charge in [0.05, 0.1) is 10.2 Å². The number of aromatic nitrogens is 2. The molecule has 0 saturated carbocycles. The summed E-state index contributed by atoms with van der Waals surface area (Å²) in [4.78, 5) is 8.25. The fourth-order valence-corrected chi connectivity index (χ4v) is 1.65. The van der Waals surface area contributed by atoms with Crippen LogP contribution in [-0.2, 0) is 0 Å². The molecule has 0 aliphatic heterocycles. The molecule has 0 radical (unpaired) electrons. The van der Waals surface area contributed by atoms with E-state index in [2.05, 4.69) is 47.1 Å². The maximum atomic E-state index is 4.12. The number of rotatable bonds is 2. The van der Waals surface area contributed by atoms with Crippen LogP contribution in [0.15, 0.2) is 45.6 Å². The molecule has 1 aromatic heterocycles. The molecule has 0 aliphatic carbocycles. The van der Waals surface area contributed by atoms with Gasteiger partial charge in [-0.3, -0.25) is 0 Å². The van der Waals surface area contributed by atoms with E-state index in [0.717, 1.165) is 14.6 Å². The van der Waals surface area contributed by atoms with E-state index in [-0.39, 0.29) is 0 Å². The summed E-state index contributed by atoms with van der Waals surface area (Å²) in [5, 5.41) is 3.11. The van der Waals surface area contributed by atoms with Gasteiger partial charge in [0.2, 0.25) is 5.95 Å². The number of nitrogens with zero attached hydrogens (tertiary/aromatic N) is 2. The fraction of sp³-hybridized carbons (Fsp3) is 0. The van der Waals surface area contributed by atoms with Gasteiger partial charge in [0, 0.05) is 16.9 Å². The minimum Gasteiger partial charge on any atom is -0.323 e. The fourth-order valence-electron chi connectivity index (χ4n) is 1.06. The highest BCUT2D eigenvalue weighted by Gasteiger charge is 2.00. The summed E-state index contributed by atoms with van der Waals surface area (Å²) in [6.07, 6.45) is 3.40. The van der Waals surface area contributed by atoms with Crippen molar-refractivity contribution in [2.24, 2.45) is 0 Å². The lowest BCUT2D eigenvalue weighted by molar-refractivity contribution is 1.15. The number of benzene rings is 1. The summed E-state index contributed by atoms with van der Waals surface area (Å²) >= 11 is 6.72. The summed E-state index contributed by atoms with van der Waals surface area (Å²) in [5.74, 6) is 0.574. The maximum absolute atomic E-state index is 4.12. The number of hydrogen-bond donors (Lipinski definition) is 1. The van der Waals surface area contributed by atoms with Gasteiger partial charge in [-0.1, -0.05) is 12.1 Å². The lowest BCUT2D eigenvalue weighted by Gasteiger charge is -2.05. The third-order valence-electron chi connectivity index (χ3n) is 1.74. The molecule has 0 aliphatic rings. The Balaban J connectivity index is 2.22. The largest absolute Gasteiger partial charge is 0.323 e. The highest BCUT2D eigenvalue weighted by molar-refractivity contribution is 9.10. The van der Waals surface area contributed by atoms with Gasteiger partial charge in [0.15, 0.2) is 0 Å². The molecule has 0 spiro atoms. The third kappa shape index (κ3) is 2.76. The average Bonchev–Trinajstić information content (AvgIpc) is 2.25. The number of halogens is 2. The number of nitrogens with one attached hydrogen (secondary N) is 1. The molecule has 0 atom stereocenters. The lowest BCUT2D eigenvalue weighted by atomic mass is 10.3. The molecule has 0 unspecified atom stereocenters. The highest BCUT2D eigenvalue weighted by atomic mass is 79.9. The summed E-state index contributed by atoms with van der Waals surface area (Å²) in [6.45, 7) is 0. The molecule has 2 aromatic rings. The van der Waals surface area contributed by atoms with Crippen LogP contribution >= 0.6 is 31.9 Å². The van der Waals surface area contributed by atoms with Crippen molar-refractivity contribution in [2.75, 3.05) is 5.32 Å². The Morgan fingerprint density at radius 2 is 1.67 bits per heavy atom. The zero-order chi connectivity index (χ0) is 10.7. The first-order valence-electron chi connectivity index (χ1n) is 4.25. The first-order chi connectivity index (χ1) is 7.25. The summed E-state index contributed by atoms with van der Waals surface area (Å²) in [7, 11) is 0. The molecule has 0 fully saturated rings. The van der Waals surface area contributed by atoms with Gasteiger partial charge < -0.3 is 5.32 Å². The predicted octanol–water partition coefficient (Wildman–Crippen LogP) is 3.75. The number of para-hydroxylation sites is 1. The monoisotopic (exact) mass is 327 g/mol. The molecule has 0 amide bonds. The molecule has 76 valence electrons. The van der Waals surface area contributed by atoms with Gasteiger partial charge >= 0.3 is 0 Å². The van der Waals surface area contributed by atoms with Gasteiger partial charge in [0.1, 0.15) is 0 Å². The SMILES string of the molecule is Brc1cnc(Nc2ccccc2Br)nc1. The molecule has 3 nitrogen and oxygen atoms in total. The second kappa shape index (κ2) is 4.72. The molecule has 5 heteroatoms. The van der Waals surface area contributed by atoms with Gasteiger partial charge in [-0.25, -0.2) is 9.97 Å². The van der Waals surface area contributed by atoms with Crippen LogP contribution in [0, 0.1) is 0 Å². The first kappa shape index (κ1) is 10.6. The van der Waals surface area contributed by atoms with E-state index in [4.69, 9.17) is 0 Å². The zero-order valence-electron chi connectivity index (χ0n) is 7.61. The summed E-state index contributed by atoms with van der Waals surface area (Å²) < 4.78 is 1.84. The maximum Gasteiger partial charge on any atom is 0.227 e. The molecular formula is C10H7Br2N3. The van der Waals surface area contributed by atoms with Crippen LogP contribution < -0.4 is 5.32 Å². The second-order valence-corrected chi connectivity index (χ2v) is 4.60. The summed E-state index contributed by atoms with van der Waals surface area (Å²) in [6, 6.07) is 7.82. The molecule has 1 N–H and O–H groups in total. The quantitative estimate of drug-likeness (QED) is 0.912. The van der Waals surface area contributed by atoms with Crippen molar-refractivity contribution in [1.29, 1.82) is 0 Å². The smallest absolute Gasteiger partial charge is 0.227 e. The van der Waals surface area contributed by atoms with Crippen molar-refractivity contribution >= 4 is 43.5 Å². The number of anilines is 2. The van der Waals surface area contributed by atoms with E-state index in [1.807, 2.05) is 24.3 Å². The minimum atomic E-state index is 0.574. The van der Waals surface area contributed by atoms with E-state index in [1.54, 1.807) is 12.4 Å². The van der Waals surface area contributed by atoms with E-state index < -0.39 is 0 Å². The molecule has 1 aromatic carbocycles. The van der Waals surface area contributed by atoms with Crippen molar-refractivity contribution in [3.05, 3.63) is 45.6 Å². The van der Waals surface area contributed by atoms with Crippen LogP contribution in [0.2, 0.25) is 0 Å². The first-order valence-corrected chi connectivity index (χ1v) is 5.83. The Bertz CT molecular complexity index is 456. The van der Waals surface area contributed by atoms with Gasteiger partial charge in [-0.2, -0.15) is 0 Å².